The molecule has 0 saturated carbocycles. The van der Waals surface area contributed by atoms with Gasteiger partial charge in [0.1, 0.15) is 11.3 Å². The van der Waals surface area contributed by atoms with E-state index in [1.165, 1.54) is 0 Å². The molecule has 1 aliphatic rings. The summed E-state index contributed by atoms with van der Waals surface area (Å²) in [5.41, 5.74) is 1.92. The minimum atomic E-state index is 0.202. The summed E-state index contributed by atoms with van der Waals surface area (Å²) >= 11 is 0. The lowest BCUT2D eigenvalue weighted by atomic mass is 10.0. The molecule has 1 N–H and O–H groups in total. The van der Waals surface area contributed by atoms with Gasteiger partial charge in [0.05, 0.1) is 0 Å². The molecule has 0 spiro atoms. The quantitative estimate of drug-likeness (QED) is 0.903. The molecule has 20 heavy (non-hydrogen) atoms. The Labute approximate surface area is 118 Å². The van der Waals surface area contributed by atoms with Crippen LogP contribution in [0.4, 0.5) is 0 Å². The highest BCUT2D eigenvalue weighted by atomic mass is 16.5. The van der Waals surface area contributed by atoms with Gasteiger partial charge in [0.15, 0.2) is 5.65 Å². The van der Waals surface area contributed by atoms with Crippen molar-refractivity contribution in [1.82, 2.24) is 14.5 Å². The summed E-state index contributed by atoms with van der Waals surface area (Å²) in [6.45, 7) is 2.87. The number of aliphatic hydroxyl groups excluding tert-OH is 1. The Balaban J connectivity index is 1.88. The number of fused-ring (bicyclic) bond motifs is 1. The van der Waals surface area contributed by atoms with Crippen molar-refractivity contribution in [2.75, 3.05) is 19.8 Å². The molecule has 2 aromatic heterocycles. The van der Waals surface area contributed by atoms with Crippen molar-refractivity contribution in [3.05, 3.63) is 24.2 Å². The molecule has 108 valence electrons. The Bertz CT molecular complexity index is 561. The second-order valence-electron chi connectivity index (χ2n) is 5.37. The van der Waals surface area contributed by atoms with Gasteiger partial charge in [0.25, 0.3) is 0 Å². The number of aryl methyl sites for hydroxylation is 1. The molecule has 2 aromatic rings. The average molecular weight is 275 g/mol. The van der Waals surface area contributed by atoms with Crippen LogP contribution in [0.25, 0.3) is 11.2 Å². The number of hydrogen-bond donors (Lipinski definition) is 1. The molecule has 1 fully saturated rings. The van der Waals surface area contributed by atoms with Gasteiger partial charge in [-0.3, -0.25) is 0 Å². The van der Waals surface area contributed by atoms with E-state index < -0.39 is 0 Å². The van der Waals surface area contributed by atoms with Crippen molar-refractivity contribution >= 4 is 11.2 Å². The SMILES string of the molecule is OCCCc1nc2cccnc2n1CC1CCOCC1. The van der Waals surface area contributed by atoms with Gasteiger partial charge in [-0.25, -0.2) is 9.97 Å². The highest BCUT2D eigenvalue weighted by Crippen LogP contribution is 2.22. The van der Waals surface area contributed by atoms with Crippen LogP contribution in [0.2, 0.25) is 0 Å². The van der Waals surface area contributed by atoms with E-state index >= 15 is 0 Å². The van der Waals surface area contributed by atoms with Crippen LogP contribution in [-0.2, 0) is 17.7 Å². The standard InChI is InChI=1S/C15H21N3O2/c19-8-2-4-14-17-13-3-1-7-16-15(13)18(14)11-12-5-9-20-10-6-12/h1,3,7,12,19H,2,4-6,8-11H2. The highest BCUT2D eigenvalue weighted by Gasteiger charge is 2.18. The van der Waals surface area contributed by atoms with E-state index in [2.05, 4.69) is 14.5 Å². The summed E-state index contributed by atoms with van der Waals surface area (Å²) in [6, 6.07) is 3.93. The molecular formula is C15H21N3O2. The molecule has 1 aliphatic heterocycles. The molecule has 0 radical (unpaired) electrons. The fourth-order valence-electron chi connectivity index (χ4n) is 2.81. The first-order chi connectivity index (χ1) is 9.88. The Hall–Kier alpha value is -1.46. The monoisotopic (exact) mass is 275 g/mol. The van der Waals surface area contributed by atoms with E-state index in [4.69, 9.17) is 9.84 Å². The lowest BCUT2D eigenvalue weighted by Gasteiger charge is -2.23. The van der Waals surface area contributed by atoms with Gasteiger partial charge in [0, 0.05) is 39.0 Å². The lowest BCUT2D eigenvalue weighted by molar-refractivity contribution is 0.0613. The maximum absolute atomic E-state index is 9.05. The Kier molecular flexibility index (Phi) is 4.28. The zero-order valence-electron chi connectivity index (χ0n) is 11.7. The van der Waals surface area contributed by atoms with E-state index in [0.29, 0.717) is 5.92 Å². The largest absolute Gasteiger partial charge is 0.396 e. The summed E-state index contributed by atoms with van der Waals surface area (Å²) in [6.07, 6.45) is 5.57. The Morgan fingerprint density at radius 2 is 2.20 bits per heavy atom. The highest BCUT2D eigenvalue weighted by molar-refractivity contribution is 5.71. The molecule has 3 heterocycles. The van der Waals surface area contributed by atoms with Crippen LogP contribution in [0.3, 0.4) is 0 Å². The number of pyridine rings is 1. The first-order valence-corrected chi connectivity index (χ1v) is 7.37. The van der Waals surface area contributed by atoms with Crippen molar-refractivity contribution in [2.24, 2.45) is 5.92 Å². The van der Waals surface area contributed by atoms with Crippen LogP contribution in [0, 0.1) is 5.92 Å². The molecule has 0 atom stereocenters. The predicted octanol–water partition coefficient (Wildman–Crippen LogP) is 1.78. The first kappa shape index (κ1) is 13.5. The van der Waals surface area contributed by atoms with Crippen molar-refractivity contribution in [3.63, 3.8) is 0 Å². The summed E-state index contributed by atoms with van der Waals surface area (Å²) in [5, 5.41) is 9.05. The topological polar surface area (TPSA) is 60.2 Å². The number of imidazole rings is 1. The number of ether oxygens (including phenoxy) is 1. The Morgan fingerprint density at radius 1 is 1.35 bits per heavy atom. The first-order valence-electron chi connectivity index (χ1n) is 7.37. The van der Waals surface area contributed by atoms with E-state index in [1.807, 2.05) is 18.3 Å². The van der Waals surface area contributed by atoms with Gasteiger partial charge in [0.2, 0.25) is 0 Å². The molecule has 5 heteroatoms. The summed E-state index contributed by atoms with van der Waals surface area (Å²) in [7, 11) is 0. The molecule has 0 aromatic carbocycles. The Morgan fingerprint density at radius 3 is 3.00 bits per heavy atom. The van der Waals surface area contributed by atoms with Crippen LogP contribution < -0.4 is 0 Å². The minimum Gasteiger partial charge on any atom is -0.396 e. The summed E-state index contributed by atoms with van der Waals surface area (Å²) < 4.78 is 7.67. The van der Waals surface area contributed by atoms with E-state index in [-0.39, 0.29) is 6.61 Å². The molecule has 5 nitrogen and oxygen atoms in total. The number of aromatic nitrogens is 3. The third-order valence-electron chi connectivity index (χ3n) is 3.92. The number of aliphatic hydroxyl groups is 1. The van der Waals surface area contributed by atoms with Gasteiger partial charge in [-0.05, 0) is 37.3 Å². The van der Waals surface area contributed by atoms with Crippen molar-refractivity contribution in [1.29, 1.82) is 0 Å². The van der Waals surface area contributed by atoms with Gasteiger partial charge >= 0.3 is 0 Å². The molecular weight excluding hydrogens is 254 g/mol. The van der Waals surface area contributed by atoms with Crippen LogP contribution in [-0.4, -0.2) is 39.5 Å². The smallest absolute Gasteiger partial charge is 0.159 e. The number of nitrogens with zero attached hydrogens (tertiary/aromatic N) is 3. The van der Waals surface area contributed by atoms with Gasteiger partial charge < -0.3 is 14.4 Å². The maximum Gasteiger partial charge on any atom is 0.159 e. The predicted molar refractivity (Wildman–Crippen MR) is 76.5 cm³/mol. The van der Waals surface area contributed by atoms with Crippen molar-refractivity contribution in [3.8, 4) is 0 Å². The molecule has 3 rings (SSSR count). The number of hydrogen-bond acceptors (Lipinski definition) is 4. The molecule has 0 bridgehead atoms. The van der Waals surface area contributed by atoms with Crippen molar-refractivity contribution < 1.29 is 9.84 Å². The minimum absolute atomic E-state index is 0.202. The third kappa shape index (κ3) is 2.83. The van der Waals surface area contributed by atoms with Gasteiger partial charge in [-0.2, -0.15) is 0 Å². The van der Waals surface area contributed by atoms with E-state index in [0.717, 1.165) is 62.4 Å². The zero-order valence-corrected chi connectivity index (χ0v) is 11.7. The second kappa shape index (κ2) is 6.33. The third-order valence-corrected chi connectivity index (χ3v) is 3.92. The average Bonchev–Trinajstić information content (AvgIpc) is 2.84. The molecule has 1 saturated heterocycles. The van der Waals surface area contributed by atoms with Crippen molar-refractivity contribution in [2.45, 2.75) is 32.2 Å². The summed E-state index contributed by atoms with van der Waals surface area (Å²) in [4.78, 5) is 9.16. The maximum atomic E-state index is 9.05. The second-order valence-corrected chi connectivity index (χ2v) is 5.37. The molecule has 0 unspecified atom stereocenters. The number of rotatable bonds is 5. The molecule has 0 aliphatic carbocycles. The van der Waals surface area contributed by atoms with Gasteiger partial charge in [-0.1, -0.05) is 0 Å². The normalized spacial score (nSPS) is 16.9. The van der Waals surface area contributed by atoms with Crippen LogP contribution in [0.15, 0.2) is 18.3 Å². The van der Waals surface area contributed by atoms with Crippen LogP contribution in [0.1, 0.15) is 25.1 Å². The van der Waals surface area contributed by atoms with E-state index in [1.54, 1.807) is 0 Å². The fraction of sp³-hybridized carbons (Fsp3) is 0.600. The lowest BCUT2D eigenvalue weighted by Crippen LogP contribution is -2.21. The van der Waals surface area contributed by atoms with Gasteiger partial charge in [-0.15, -0.1) is 0 Å². The fourth-order valence-corrected chi connectivity index (χ4v) is 2.81. The summed E-state index contributed by atoms with van der Waals surface area (Å²) in [5.74, 6) is 1.68. The molecule has 0 amide bonds. The zero-order chi connectivity index (χ0) is 13.8. The van der Waals surface area contributed by atoms with E-state index in [9.17, 15) is 0 Å². The van der Waals surface area contributed by atoms with Crippen LogP contribution >= 0.6 is 0 Å². The van der Waals surface area contributed by atoms with Crippen LogP contribution in [0.5, 0.6) is 0 Å².